The molecule has 2 aromatic heterocycles. The Morgan fingerprint density at radius 2 is 1.62 bits per heavy atom. The van der Waals surface area contributed by atoms with Gasteiger partial charge < -0.3 is 11.1 Å². The Balaban J connectivity index is 1.42. The summed E-state index contributed by atoms with van der Waals surface area (Å²) in [5.74, 6) is -0.201. The van der Waals surface area contributed by atoms with Gasteiger partial charge in [-0.2, -0.15) is 5.10 Å². The van der Waals surface area contributed by atoms with E-state index in [4.69, 9.17) is 10.8 Å². The molecule has 0 saturated heterocycles. The van der Waals surface area contributed by atoms with Crippen LogP contribution in [-0.2, 0) is 6.54 Å². The molecule has 0 aliphatic rings. The summed E-state index contributed by atoms with van der Waals surface area (Å²) >= 11 is 0. The third-order valence-electron chi connectivity index (χ3n) is 5.31. The molecule has 0 fully saturated rings. The van der Waals surface area contributed by atoms with Gasteiger partial charge in [0.25, 0.3) is 5.91 Å². The first-order chi connectivity index (χ1) is 15.7. The lowest BCUT2D eigenvalue weighted by atomic mass is 10.1. The zero-order valence-corrected chi connectivity index (χ0v) is 17.3. The number of anilines is 2. The molecule has 0 saturated carbocycles. The average molecular weight is 419 g/mol. The number of hydrogen-bond donors (Lipinski definition) is 2. The number of rotatable bonds is 5. The summed E-state index contributed by atoms with van der Waals surface area (Å²) < 4.78 is 1.97. The van der Waals surface area contributed by atoms with E-state index in [0.717, 1.165) is 27.9 Å². The lowest BCUT2D eigenvalue weighted by molar-refractivity contribution is 0.102. The number of nitrogens with one attached hydrogen (secondary N) is 1. The number of nitrogens with zero attached hydrogens (tertiary/aromatic N) is 3. The molecule has 6 nitrogen and oxygen atoms in total. The maximum atomic E-state index is 12.6. The molecular formula is C26H21N5O. The molecule has 0 bridgehead atoms. The van der Waals surface area contributed by atoms with Crippen LogP contribution in [0.15, 0.2) is 97.2 Å². The SMILES string of the molecule is Nc1ccccc1NC(=O)c1ccc(Cn2nc3ccccc3c2-c2ccccn2)cc1. The van der Waals surface area contributed by atoms with Gasteiger partial charge in [0.05, 0.1) is 34.8 Å². The summed E-state index contributed by atoms with van der Waals surface area (Å²) in [6, 6.07) is 28.6. The van der Waals surface area contributed by atoms with Gasteiger partial charge in [-0.3, -0.25) is 14.5 Å². The van der Waals surface area contributed by atoms with E-state index in [9.17, 15) is 4.79 Å². The molecule has 3 aromatic carbocycles. The van der Waals surface area contributed by atoms with Crippen molar-refractivity contribution >= 4 is 28.2 Å². The summed E-state index contributed by atoms with van der Waals surface area (Å²) in [6.45, 7) is 0.564. The van der Waals surface area contributed by atoms with Gasteiger partial charge in [0.2, 0.25) is 0 Å². The van der Waals surface area contributed by atoms with Crippen LogP contribution in [0.25, 0.3) is 22.3 Å². The minimum Gasteiger partial charge on any atom is -0.397 e. The highest BCUT2D eigenvalue weighted by Crippen LogP contribution is 2.28. The van der Waals surface area contributed by atoms with Crippen molar-refractivity contribution in [2.45, 2.75) is 6.54 Å². The number of nitrogens with two attached hydrogens (primary N) is 1. The molecule has 2 heterocycles. The first kappa shape index (κ1) is 19.5. The molecule has 32 heavy (non-hydrogen) atoms. The second-order valence-electron chi connectivity index (χ2n) is 7.48. The molecular weight excluding hydrogens is 398 g/mol. The Bertz CT molecular complexity index is 1390. The largest absolute Gasteiger partial charge is 0.397 e. The van der Waals surface area contributed by atoms with E-state index in [2.05, 4.69) is 16.4 Å². The van der Waals surface area contributed by atoms with Crippen molar-refractivity contribution in [3.05, 3.63) is 108 Å². The molecule has 6 heteroatoms. The van der Waals surface area contributed by atoms with Crippen molar-refractivity contribution < 1.29 is 4.79 Å². The molecule has 5 aromatic rings. The van der Waals surface area contributed by atoms with Gasteiger partial charge in [0.15, 0.2) is 0 Å². The zero-order chi connectivity index (χ0) is 21.9. The van der Waals surface area contributed by atoms with Crippen molar-refractivity contribution in [3.63, 3.8) is 0 Å². The van der Waals surface area contributed by atoms with Gasteiger partial charge in [0, 0.05) is 17.1 Å². The van der Waals surface area contributed by atoms with Gasteiger partial charge in [-0.1, -0.05) is 48.5 Å². The van der Waals surface area contributed by atoms with Crippen LogP contribution < -0.4 is 11.1 Å². The quantitative estimate of drug-likeness (QED) is 0.393. The molecule has 0 atom stereocenters. The standard InChI is InChI=1S/C26H21N5O/c27-21-8-2-4-10-23(21)29-26(32)19-14-12-18(13-15-19)17-31-25(24-11-5-6-16-28-24)20-7-1-3-9-22(20)30-31/h1-16H,17,27H2,(H,29,32). The molecule has 1 amide bonds. The fourth-order valence-corrected chi connectivity index (χ4v) is 3.71. The zero-order valence-electron chi connectivity index (χ0n) is 17.3. The van der Waals surface area contributed by atoms with Crippen molar-refractivity contribution in [3.8, 4) is 11.4 Å². The number of benzene rings is 3. The van der Waals surface area contributed by atoms with E-state index in [-0.39, 0.29) is 5.91 Å². The highest BCUT2D eigenvalue weighted by molar-refractivity contribution is 6.05. The Morgan fingerprint density at radius 1 is 0.875 bits per heavy atom. The van der Waals surface area contributed by atoms with E-state index in [1.165, 1.54) is 0 Å². The van der Waals surface area contributed by atoms with Crippen LogP contribution in [0, 0.1) is 0 Å². The van der Waals surface area contributed by atoms with E-state index in [1.807, 2.05) is 77.5 Å². The summed E-state index contributed by atoms with van der Waals surface area (Å²) in [5.41, 5.74) is 11.4. The van der Waals surface area contributed by atoms with Crippen LogP contribution in [0.5, 0.6) is 0 Å². The Hall–Kier alpha value is -4.45. The van der Waals surface area contributed by atoms with Gasteiger partial charge in [-0.15, -0.1) is 0 Å². The first-order valence-electron chi connectivity index (χ1n) is 10.3. The van der Waals surface area contributed by atoms with Crippen LogP contribution in [0.3, 0.4) is 0 Å². The molecule has 0 spiro atoms. The molecule has 0 unspecified atom stereocenters. The Morgan fingerprint density at radius 3 is 2.41 bits per heavy atom. The summed E-state index contributed by atoms with van der Waals surface area (Å²) in [6.07, 6.45) is 1.79. The highest BCUT2D eigenvalue weighted by Gasteiger charge is 2.14. The predicted octanol–water partition coefficient (Wildman–Crippen LogP) is 4.98. The molecule has 0 radical (unpaired) electrons. The number of nitrogen functional groups attached to an aromatic ring is 1. The minimum absolute atomic E-state index is 0.201. The van der Waals surface area contributed by atoms with Crippen LogP contribution in [0.4, 0.5) is 11.4 Å². The Labute approximate surface area is 185 Å². The summed E-state index contributed by atoms with van der Waals surface area (Å²) in [7, 11) is 0. The number of carbonyl (C=O) groups excluding carboxylic acids is 1. The molecule has 5 rings (SSSR count). The van der Waals surface area contributed by atoms with E-state index >= 15 is 0 Å². The Kier molecular flexibility index (Phi) is 5.09. The van der Waals surface area contributed by atoms with Crippen molar-refractivity contribution in [1.82, 2.24) is 14.8 Å². The predicted molar refractivity (Wildman–Crippen MR) is 127 cm³/mol. The monoisotopic (exact) mass is 419 g/mol. The number of fused-ring (bicyclic) bond motifs is 1. The number of carbonyl (C=O) groups is 1. The topological polar surface area (TPSA) is 85.8 Å². The maximum absolute atomic E-state index is 12.6. The van der Waals surface area contributed by atoms with Gasteiger partial charge >= 0.3 is 0 Å². The van der Waals surface area contributed by atoms with E-state index < -0.39 is 0 Å². The van der Waals surface area contributed by atoms with Crippen LogP contribution >= 0.6 is 0 Å². The lowest BCUT2D eigenvalue weighted by Gasteiger charge is -2.10. The van der Waals surface area contributed by atoms with Crippen LogP contribution in [0.2, 0.25) is 0 Å². The second kappa shape index (κ2) is 8.35. The molecule has 0 aliphatic heterocycles. The van der Waals surface area contributed by atoms with Gasteiger partial charge in [0.1, 0.15) is 0 Å². The number of aromatic nitrogens is 3. The number of hydrogen-bond acceptors (Lipinski definition) is 4. The first-order valence-corrected chi connectivity index (χ1v) is 10.3. The minimum atomic E-state index is -0.201. The number of pyridine rings is 1. The smallest absolute Gasteiger partial charge is 0.255 e. The normalized spacial score (nSPS) is 10.9. The lowest BCUT2D eigenvalue weighted by Crippen LogP contribution is -2.13. The highest BCUT2D eigenvalue weighted by atomic mass is 16.1. The van der Waals surface area contributed by atoms with Crippen molar-refractivity contribution in [2.24, 2.45) is 0 Å². The maximum Gasteiger partial charge on any atom is 0.255 e. The van der Waals surface area contributed by atoms with Gasteiger partial charge in [-0.05, 0) is 48.0 Å². The fourth-order valence-electron chi connectivity index (χ4n) is 3.71. The van der Waals surface area contributed by atoms with E-state index in [1.54, 1.807) is 18.3 Å². The second-order valence-corrected chi connectivity index (χ2v) is 7.48. The van der Waals surface area contributed by atoms with E-state index in [0.29, 0.717) is 23.5 Å². The summed E-state index contributed by atoms with van der Waals surface area (Å²) in [5, 5.41) is 8.70. The molecule has 3 N–H and O–H groups in total. The third-order valence-corrected chi connectivity index (χ3v) is 5.31. The number of amides is 1. The molecule has 0 aliphatic carbocycles. The summed E-state index contributed by atoms with van der Waals surface area (Å²) in [4.78, 5) is 17.1. The van der Waals surface area contributed by atoms with Crippen molar-refractivity contribution in [1.29, 1.82) is 0 Å². The van der Waals surface area contributed by atoms with Crippen LogP contribution in [0.1, 0.15) is 15.9 Å². The number of para-hydroxylation sites is 2. The average Bonchev–Trinajstić information content (AvgIpc) is 3.19. The fraction of sp³-hybridized carbons (Fsp3) is 0.0385. The van der Waals surface area contributed by atoms with Crippen LogP contribution in [-0.4, -0.2) is 20.7 Å². The van der Waals surface area contributed by atoms with Crippen molar-refractivity contribution in [2.75, 3.05) is 11.1 Å². The third kappa shape index (κ3) is 3.81. The van der Waals surface area contributed by atoms with Gasteiger partial charge in [-0.25, -0.2) is 0 Å². The molecule has 156 valence electrons.